The van der Waals surface area contributed by atoms with Crippen LogP contribution < -0.4 is 0 Å². The van der Waals surface area contributed by atoms with Crippen LogP contribution in [0.4, 0.5) is 0 Å². The van der Waals surface area contributed by atoms with Gasteiger partial charge in [-0.2, -0.15) is 0 Å². The Morgan fingerprint density at radius 3 is 1.38 bits per heavy atom. The van der Waals surface area contributed by atoms with E-state index in [9.17, 15) is 0 Å². The summed E-state index contributed by atoms with van der Waals surface area (Å²) >= 11 is 0. The van der Waals surface area contributed by atoms with E-state index in [1.165, 1.54) is 51.4 Å². The molecule has 0 amide bonds. The maximum absolute atomic E-state index is 3.42. The van der Waals surface area contributed by atoms with Crippen LogP contribution in [0.25, 0.3) is 0 Å². The summed E-state index contributed by atoms with van der Waals surface area (Å²) < 4.78 is 0. The average molecular weight is 223 g/mol. The first-order chi connectivity index (χ1) is 7.91. The Bertz CT molecular complexity index is 167. The van der Waals surface area contributed by atoms with Crippen molar-refractivity contribution in [3.8, 4) is 0 Å². The quantitative estimate of drug-likeness (QED) is 0.655. The first-order valence-corrected chi connectivity index (χ1v) is 6.50. The Labute approximate surface area is 99.7 Å². The predicted octanol–water partition coefficient (Wildman–Crippen LogP) is 4.02. The molecule has 92 valence electrons. The van der Waals surface area contributed by atoms with Crippen LogP contribution in [0.1, 0.15) is 65.2 Å². The minimum atomic E-state index is 1.37. The third-order valence-electron chi connectivity index (χ3n) is 2.37. The Morgan fingerprint density at radius 2 is 1.12 bits per heavy atom. The molecule has 1 aromatic heterocycles. The van der Waals surface area contributed by atoms with Gasteiger partial charge in [-0.1, -0.05) is 65.2 Å². The summed E-state index contributed by atoms with van der Waals surface area (Å²) in [6, 6.07) is 1.72. The van der Waals surface area contributed by atoms with Gasteiger partial charge in [0, 0.05) is 0 Å². The van der Waals surface area contributed by atoms with E-state index < -0.39 is 0 Å². The SMILES string of the molecule is CCCCCCCCCC.c1cnnnc1. The monoisotopic (exact) mass is 223 g/mol. The fourth-order valence-electron chi connectivity index (χ4n) is 1.41. The van der Waals surface area contributed by atoms with Crippen molar-refractivity contribution >= 4 is 0 Å². The number of aromatic nitrogens is 3. The molecule has 0 aliphatic heterocycles. The molecule has 16 heavy (non-hydrogen) atoms. The molecular weight excluding hydrogens is 198 g/mol. The smallest absolute Gasteiger partial charge is 0.0529 e. The average Bonchev–Trinajstić information content (AvgIpc) is 2.37. The Kier molecular flexibility index (Phi) is 13.1. The van der Waals surface area contributed by atoms with Crippen molar-refractivity contribution in [3.63, 3.8) is 0 Å². The van der Waals surface area contributed by atoms with Crippen LogP contribution in [0, 0.1) is 0 Å². The van der Waals surface area contributed by atoms with Crippen LogP contribution in [-0.2, 0) is 0 Å². The summed E-state index contributed by atoms with van der Waals surface area (Å²) in [4.78, 5) is 0. The number of hydrogen-bond donors (Lipinski definition) is 0. The third-order valence-corrected chi connectivity index (χ3v) is 2.37. The van der Waals surface area contributed by atoms with Gasteiger partial charge in [0.1, 0.15) is 0 Å². The number of nitrogens with zero attached hydrogens (tertiary/aromatic N) is 3. The van der Waals surface area contributed by atoms with E-state index in [0.717, 1.165) is 0 Å². The van der Waals surface area contributed by atoms with Crippen LogP contribution in [0.3, 0.4) is 0 Å². The van der Waals surface area contributed by atoms with Gasteiger partial charge in [-0.05, 0) is 11.3 Å². The highest BCUT2D eigenvalue weighted by Crippen LogP contribution is 2.07. The van der Waals surface area contributed by atoms with Gasteiger partial charge < -0.3 is 0 Å². The van der Waals surface area contributed by atoms with E-state index >= 15 is 0 Å². The minimum absolute atomic E-state index is 1.37. The summed E-state index contributed by atoms with van der Waals surface area (Å²) in [6.45, 7) is 4.54. The van der Waals surface area contributed by atoms with Crippen molar-refractivity contribution in [1.82, 2.24) is 15.4 Å². The zero-order valence-electron chi connectivity index (χ0n) is 10.7. The standard InChI is InChI=1S/C10H22.C3H3N3/c1-3-5-7-9-10-8-6-4-2;1-2-4-6-5-3-1/h3-10H2,1-2H3;1-3H. The van der Waals surface area contributed by atoms with E-state index in [1.54, 1.807) is 18.5 Å². The molecule has 0 fully saturated rings. The molecule has 0 N–H and O–H groups in total. The number of rotatable bonds is 7. The zero-order chi connectivity index (χ0) is 11.9. The molecule has 0 bridgehead atoms. The first kappa shape index (κ1) is 15.0. The van der Waals surface area contributed by atoms with Gasteiger partial charge in [0.15, 0.2) is 0 Å². The normalized spacial score (nSPS) is 9.38. The van der Waals surface area contributed by atoms with Crippen LogP contribution in [0.5, 0.6) is 0 Å². The number of unbranched alkanes of at least 4 members (excludes halogenated alkanes) is 7. The lowest BCUT2D eigenvalue weighted by Gasteiger charge is -1.97. The van der Waals surface area contributed by atoms with Crippen molar-refractivity contribution in [3.05, 3.63) is 18.5 Å². The summed E-state index contributed by atoms with van der Waals surface area (Å²) in [7, 11) is 0. The Balaban J connectivity index is 0.000000315. The summed E-state index contributed by atoms with van der Waals surface area (Å²) in [6.07, 6.45) is 14.6. The second kappa shape index (κ2) is 14.0. The van der Waals surface area contributed by atoms with Crippen molar-refractivity contribution in [1.29, 1.82) is 0 Å². The topological polar surface area (TPSA) is 38.7 Å². The molecule has 0 unspecified atom stereocenters. The lowest BCUT2D eigenvalue weighted by Crippen LogP contribution is -1.78. The summed E-state index contributed by atoms with van der Waals surface area (Å²) in [5.74, 6) is 0. The van der Waals surface area contributed by atoms with Crippen molar-refractivity contribution in [2.45, 2.75) is 65.2 Å². The van der Waals surface area contributed by atoms with E-state index in [-0.39, 0.29) is 0 Å². The highest BCUT2D eigenvalue weighted by molar-refractivity contribution is 4.69. The van der Waals surface area contributed by atoms with Crippen molar-refractivity contribution in [2.24, 2.45) is 0 Å². The molecule has 0 atom stereocenters. The second-order valence-electron chi connectivity index (χ2n) is 3.93. The van der Waals surface area contributed by atoms with E-state index in [0.29, 0.717) is 0 Å². The third kappa shape index (κ3) is 13.0. The highest BCUT2D eigenvalue weighted by Gasteiger charge is 1.87. The maximum atomic E-state index is 3.42. The summed E-state index contributed by atoms with van der Waals surface area (Å²) in [5.41, 5.74) is 0. The van der Waals surface area contributed by atoms with Gasteiger partial charge in [-0.3, -0.25) is 0 Å². The van der Waals surface area contributed by atoms with Crippen LogP contribution in [0.2, 0.25) is 0 Å². The van der Waals surface area contributed by atoms with Gasteiger partial charge in [0.2, 0.25) is 0 Å². The van der Waals surface area contributed by atoms with Gasteiger partial charge in [-0.15, -0.1) is 10.2 Å². The van der Waals surface area contributed by atoms with E-state index in [1.807, 2.05) is 0 Å². The molecule has 0 aromatic carbocycles. The van der Waals surface area contributed by atoms with Gasteiger partial charge >= 0.3 is 0 Å². The molecule has 0 saturated carbocycles. The molecule has 1 heterocycles. The Morgan fingerprint density at radius 1 is 0.688 bits per heavy atom. The molecule has 0 radical (unpaired) electrons. The lowest BCUT2D eigenvalue weighted by molar-refractivity contribution is 0.585. The molecule has 0 aliphatic rings. The molecule has 3 nitrogen and oxygen atoms in total. The van der Waals surface area contributed by atoms with E-state index in [4.69, 9.17) is 0 Å². The molecular formula is C13H25N3. The minimum Gasteiger partial charge on any atom is -0.139 e. The van der Waals surface area contributed by atoms with Crippen molar-refractivity contribution in [2.75, 3.05) is 0 Å². The lowest BCUT2D eigenvalue weighted by atomic mass is 10.1. The first-order valence-electron chi connectivity index (χ1n) is 6.50. The summed E-state index contributed by atoms with van der Waals surface area (Å²) in [5, 5.41) is 10.1. The molecule has 0 spiro atoms. The molecule has 1 rings (SSSR count). The fourth-order valence-corrected chi connectivity index (χ4v) is 1.41. The zero-order valence-corrected chi connectivity index (χ0v) is 10.7. The predicted molar refractivity (Wildman–Crippen MR) is 68.1 cm³/mol. The molecule has 3 heteroatoms. The van der Waals surface area contributed by atoms with E-state index in [2.05, 4.69) is 29.3 Å². The number of hydrogen-bond acceptors (Lipinski definition) is 3. The maximum Gasteiger partial charge on any atom is 0.0529 e. The van der Waals surface area contributed by atoms with Crippen LogP contribution in [0.15, 0.2) is 18.5 Å². The largest absolute Gasteiger partial charge is 0.139 e. The highest BCUT2D eigenvalue weighted by atomic mass is 15.3. The fraction of sp³-hybridized carbons (Fsp3) is 0.769. The van der Waals surface area contributed by atoms with Crippen LogP contribution in [-0.4, -0.2) is 15.4 Å². The molecule has 0 saturated heterocycles. The van der Waals surface area contributed by atoms with Crippen molar-refractivity contribution < 1.29 is 0 Å². The molecule has 0 aliphatic carbocycles. The second-order valence-corrected chi connectivity index (χ2v) is 3.93. The van der Waals surface area contributed by atoms with Gasteiger partial charge in [-0.25, -0.2) is 0 Å². The van der Waals surface area contributed by atoms with Gasteiger partial charge in [0.25, 0.3) is 0 Å². The Hall–Kier alpha value is -0.990. The molecule has 1 aromatic rings. The van der Waals surface area contributed by atoms with Crippen LogP contribution >= 0.6 is 0 Å². The van der Waals surface area contributed by atoms with Gasteiger partial charge in [0.05, 0.1) is 12.4 Å².